The maximum atomic E-state index is 5.98. The highest BCUT2D eigenvalue weighted by molar-refractivity contribution is 9.10. The van der Waals surface area contributed by atoms with E-state index in [1.807, 2.05) is 6.92 Å². The lowest BCUT2D eigenvalue weighted by molar-refractivity contribution is 0.796. The molecule has 21 heavy (non-hydrogen) atoms. The standard InChI is InChI=1S/C18H21BrN2/c1-13(20)17-7-6-16(12-18(17)19)21-10-8-14-4-2-3-5-15(14)9-11-21/h2-7,12-13H,8-11,20H2,1H3. The van der Waals surface area contributed by atoms with Gasteiger partial charge in [-0.15, -0.1) is 0 Å². The minimum absolute atomic E-state index is 0.0572. The van der Waals surface area contributed by atoms with Gasteiger partial charge in [0.25, 0.3) is 0 Å². The van der Waals surface area contributed by atoms with Crippen molar-refractivity contribution in [1.29, 1.82) is 0 Å². The van der Waals surface area contributed by atoms with Gasteiger partial charge in [0.1, 0.15) is 0 Å². The van der Waals surface area contributed by atoms with Crippen LogP contribution in [0.15, 0.2) is 46.9 Å². The van der Waals surface area contributed by atoms with Crippen LogP contribution in [-0.2, 0) is 12.8 Å². The molecule has 1 aliphatic rings. The first-order chi connectivity index (χ1) is 10.1. The average Bonchev–Trinajstić information content (AvgIpc) is 2.69. The van der Waals surface area contributed by atoms with E-state index < -0.39 is 0 Å². The monoisotopic (exact) mass is 344 g/mol. The summed E-state index contributed by atoms with van der Waals surface area (Å²) in [4.78, 5) is 2.47. The van der Waals surface area contributed by atoms with Crippen molar-refractivity contribution < 1.29 is 0 Å². The highest BCUT2D eigenvalue weighted by Crippen LogP contribution is 2.28. The first-order valence-corrected chi connectivity index (χ1v) is 8.31. The second-order valence-electron chi connectivity index (χ2n) is 5.75. The number of hydrogen-bond donors (Lipinski definition) is 1. The summed E-state index contributed by atoms with van der Waals surface area (Å²) in [5.41, 5.74) is 11.4. The summed E-state index contributed by atoms with van der Waals surface area (Å²) in [5, 5.41) is 0. The van der Waals surface area contributed by atoms with Gasteiger partial charge in [0.2, 0.25) is 0 Å². The number of nitrogens with two attached hydrogens (primary N) is 1. The molecule has 110 valence electrons. The van der Waals surface area contributed by atoms with Gasteiger partial charge in [-0.3, -0.25) is 0 Å². The minimum Gasteiger partial charge on any atom is -0.371 e. The summed E-state index contributed by atoms with van der Waals surface area (Å²) in [5.74, 6) is 0. The lowest BCUT2D eigenvalue weighted by Crippen LogP contribution is -2.26. The number of rotatable bonds is 2. The lowest BCUT2D eigenvalue weighted by atomic mass is 10.0. The molecule has 3 heteroatoms. The van der Waals surface area contributed by atoms with E-state index in [4.69, 9.17) is 5.73 Å². The largest absolute Gasteiger partial charge is 0.371 e. The second kappa shape index (κ2) is 6.20. The number of nitrogens with zero attached hydrogens (tertiary/aromatic N) is 1. The third-order valence-corrected chi connectivity index (χ3v) is 4.95. The summed E-state index contributed by atoms with van der Waals surface area (Å²) in [6.45, 7) is 4.16. The maximum absolute atomic E-state index is 5.98. The van der Waals surface area contributed by atoms with E-state index in [-0.39, 0.29) is 6.04 Å². The predicted octanol–water partition coefficient (Wildman–Crippen LogP) is 4.07. The summed E-state index contributed by atoms with van der Waals surface area (Å²) in [6, 6.07) is 15.4. The van der Waals surface area contributed by atoms with Gasteiger partial charge in [0.15, 0.2) is 0 Å². The quantitative estimate of drug-likeness (QED) is 0.889. The fraction of sp³-hybridized carbons (Fsp3) is 0.333. The van der Waals surface area contributed by atoms with Crippen molar-refractivity contribution in [3.05, 3.63) is 63.6 Å². The van der Waals surface area contributed by atoms with Crippen molar-refractivity contribution in [2.45, 2.75) is 25.8 Å². The van der Waals surface area contributed by atoms with Crippen LogP contribution in [0.5, 0.6) is 0 Å². The van der Waals surface area contributed by atoms with Crippen molar-refractivity contribution in [3.63, 3.8) is 0 Å². The van der Waals surface area contributed by atoms with Crippen LogP contribution in [0.2, 0.25) is 0 Å². The van der Waals surface area contributed by atoms with E-state index >= 15 is 0 Å². The third-order valence-electron chi connectivity index (χ3n) is 4.26. The highest BCUT2D eigenvalue weighted by Gasteiger charge is 2.15. The number of fused-ring (bicyclic) bond motifs is 1. The van der Waals surface area contributed by atoms with Crippen molar-refractivity contribution >= 4 is 21.6 Å². The molecule has 0 bridgehead atoms. The molecule has 2 nitrogen and oxygen atoms in total. The second-order valence-corrected chi connectivity index (χ2v) is 6.60. The minimum atomic E-state index is 0.0572. The van der Waals surface area contributed by atoms with Gasteiger partial charge in [0.05, 0.1) is 0 Å². The fourth-order valence-electron chi connectivity index (χ4n) is 3.01. The van der Waals surface area contributed by atoms with Gasteiger partial charge >= 0.3 is 0 Å². The topological polar surface area (TPSA) is 29.3 Å². The molecule has 0 radical (unpaired) electrons. The molecule has 0 fully saturated rings. The number of hydrogen-bond acceptors (Lipinski definition) is 2. The van der Waals surface area contributed by atoms with Gasteiger partial charge in [0, 0.05) is 29.3 Å². The number of halogens is 1. The number of anilines is 1. The summed E-state index contributed by atoms with van der Waals surface area (Å²) in [6.07, 6.45) is 2.23. The van der Waals surface area contributed by atoms with Crippen LogP contribution < -0.4 is 10.6 Å². The Hall–Kier alpha value is -1.32. The molecule has 1 heterocycles. The van der Waals surface area contributed by atoms with E-state index in [9.17, 15) is 0 Å². The van der Waals surface area contributed by atoms with Crippen LogP contribution in [0.25, 0.3) is 0 Å². The smallest absolute Gasteiger partial charge is 0.0377 e. The number of benzene rings is 2. The van der Waals surface area contributed by atoms with Gasteiger partial charge in [-0.05, 0) is 48.6 Å². The van der Waals surface area contributed by atoms with E-state index in [2.05, 4.69) is 63.3 Å². The summed E-state index contributed by atoms with van der Waals surface area (Å²) >= 11 is 3.66. The van der Waals surface area contributed by atoms with E-state index in [1.165, 1.54) is 16.8 Å². The fourth-order valence-corrected chi connectivity index (χ4v) is 3.74. The van der Waals surface area contributed by atoms with Crippen LogP contribution in [0.1, 0.15) is 29.7 Å². The molecule has 0 saturated heterocycles. The Kier molecular flexibility index (Phi) is 4.32. The summed E-state index contributed by atoms with van der Waals surface area (Å²) < 4.78 is 1.11. The predicted molar refractivity (Wildman–Crippen MR) is 92.8 cm³/mol. The normalized spacial score (nSPS) is 16.2. The molecular weight excluding hydrogens is 324 g/mol. The Labute approximate surface area is 135 Å². The van der Waals surface area contributed by atoms with Crippen LogP contribution in [0.4, 0.5) is 5.69 Å². The molecular formula is C18H21BrN2. The van der Waals surface area contributed by atoms with E-state index in [0.717, 1.165) is 36.0 Å². The molecule has 2 aromatic rings. The molecule has 2 N–H and O–H groups in total. The van der Waals surface area contributed by atoms with E-state index in [1.54, 1.807) is 0 Å². The molecule has 0 aromatic heterocycles. The van der Waals surface area contributed by atoms with Gasteiger partial charge in [-0.2, -0.15) is 0 Å². The SMILES string of the molecule is CC(N)c1ccc(N2CCc3ccccc3CC2)cc1Br. The lowest BCUT2D eigenvalue weighted by Gasteiger charge is -2.24. The maximum Gasteiger partial charge on any atom is 0.0377 e. The molecule has 0 amide bonds. The van der Waals surface area contributed by atoms with Gasteiger partial charge in [-0.25, -0.2) is 0 Å². The Morgan fingerprint density at radius 3 is 2.19 bits per heavy atom. The Bertz CT molecular complexity index is 610. The van der Waals surface area contributed by atoms with Crippen molar-refractivity contribution in [1.82, 2.24) is 0 Å². The van der Waals surface area contributed by atoms with Gasteiger partial charge in [-0.1, -0.05) is 46.3 Å². The average molecular weight is 345 g/mol. The molecule has 1 aliphatic heterocycles. The van der Waals surface area contributed by atoms with Crippen LogP contribution in [0.3, 0.4) is 0 Å². The highest BCUT2D eigenvalue weighted by atomic mass is 79.9. The van der Waals surface area contributed by atoms with E-state index in [0.29, 0.717) is 0 Å². The molecule has 1 atom stereocenters. The Balaban J connectivity index is 1.81. The van der Waals surface area contributed by atoms with Gasteiger partial charge < -0.3 is 10.6 Å². The molecule has 3 rings (SSSR count). The van der Waals surface area contributed by atoms with Crippen LogP contribution in [-0.4, -0.2) is 13.1 Å². The van der Waals surface area contributed by atoms with Crippen molar-refractivity contribution in [3.8, 4) is 0 Å². The zero-order valence-electron chi connectivity index (χ0n) is 12.3. The zero-order valence-corrected chi connectivity index (χ0v) is 13.9. The molecule has 2 aromatic carbocycles. The van der Waals surface area contributed by atoms with Crippen LogP contribution in [0, 0.1) is 0 Å². The third kappa shape index (κ3) is 3.14. The first-order valence-electron chi connectivity index (χ1n) is 7.52. The Morgan fingerprint density at radius 2 is 1.67 bits per heavy atom. The Morgan fingerprint density at radius 1 is 1.05 bits per heavy atom. The molecule has 0 aliphatic carbocycles. The first kappa shape index (κ1) is 14.6. The summed E-state index contributed by atoms with van der Waals surface area (Å²) in [7, 11) is 0. The van der Waals surface area contributed by atoms with Crippen molar-refractivity contribution in [2.24, 2.45) is 5.73 Å². The molecule has 0 saturated carbocycles. The molecule has 1 unspecified atom stereocenters. The van der Waals surface area contributed by atoms with Crippen LogP contribution >= 0.6 is 15.9 Å². The van der Waals surface area contributed by atoms with Crippen molar-refractivity contribution in [2.75, 3.05) is 18.0 Å². The molecule has 0 spiro atoms. The zero-order chi connectivity index (χ0) is 14.8.